The van der Waals surface area contributed by atoms with Gasteiger partial charge in [0, 0.05) is 38.3 Å². The number of amides is 1. The van der Waals surface area contributed by atoms with E-state index in [1.807, 2.05) is 0 Å². The normalized spacial score (nSPS) is 14.8. The summed E-state index contributed by atoms with van der Waals surface area (Å²) in [6.07, 6.45) is 0.839. The minimum atomic E-state index is -0.495. The van der Waals surface area contributed by atoms with E-state index in [0.29, 0.717) is 12.1 Å². The largest absolute Gasteiger partial charge is 0.352 e. The molecule has 0 radical (unpaired) electrons. The maximum Gasteiger partial charge on any atom is 0.285 e. The number of rotatable bonds is 6. The van der Waals surface area contributed by atoms with E-state index in [1.54, 1.807) is 19.1 Å². The quantitative estimate of drug-likeness (QED) is 0.463. The van der Waals surface area contributed by atoms with Crippen LogP contribution in [0.5, 0.6) is 0 Å². The van der Waals surface area contributed by atoms with Crippen molar-refractivity contribution in [2.24, 2.45) is 0 Å². The molecule has 0 bridgehead atoms. The number of nitrogens with zero attached hydrogens (tertiary/aromatic N) is 2. The molecule has 1 aromatic carbocycles. The maximum absolute atomic E-state index is 12.1. The van der Waals surface area contributed by atoms with Crippen LogP contribution in [0.2, 0.25) is 0 Å². The zero-order valence-electron chi connectivity index (χ0n) is 13.2. The van der Waals surface area contributed by atoms with Gasteiger partial charge >= 0.3 is 0 Å². The Labute approximate surface area is 142 Å². The first kappa shape index (κ1) is 19.3. The zero-order chi connectivity index (χ0) is 15.9. The summed E-state index contributed by atoms with van der Waals surface area (Å²) in [6.45, 7) is 7.14. The van der Waals surface area contributed by atoms with Crippen molar-refractivity contribution in [2.75, 3.05) is 39.3 Å². The number of para-hydroxylation sites is 1. The number of carbonyl (C=O) groups is 1. The maximum atomic E-state index is 12.1. The van der Waals surface area contributed by atoms with Gasteiger partial charge in [-0.05, 0) is 26.0 Å². The number of nitro benzene ring substituents is 1. The second-order valence-electron chi connectivity index (χ2n) is 5.43. The molecule has 1 aliphatic rings. The number of aryl methyl sites for hydroxylation is 1. The van der Waals surface area contributed by atoms with E-state index in [9.17, 15) is 14.9 Å². The van der Waals surface area contributed by atoms with Gasteiger partial charge in [0.25, 0.3) is 11.6 Å². The number of piperazine rings is 1. The van der Waals surface area contributed by atoms with Crippen LogP contribution in [0.15, 0.2) is 18.2 Å². The highest BCUT2D eigenvalue weighted by molar-refractivity contribution is 5.98. The highest BCUT2D eigenvalue weighted by atomic mass is 35.5. The van der Waals surface area contributed by atoms with Gasteiger partial charge in [-0.25, -0.2) is 0 Å². The molecule has 2 N–H and O–H groups in total. The predicted octanol–water partition coefficient (Wildman–Crippen LogP) is 1.35. The Bertz CT molecular complexity index is 548. The summed E-state index contributed by atoms with van der Waals surface area (Å²) >= 11 is 0. The van der Waals surface area contributed by atoms with Crippen LogP contribution in [0.1, 0.15) is 22.3 Å². The van der Waals surface area contributed by atoms with Crippen molar-refractivity contribution in [2.45, 2.75) is 13.3 Å². The Morgan fingerprint density at radius 1 is 1.39 bits per heavy atom. The van der Waals surface area contributed by atoms with E-state index >= 15 is 0 Å². The van der Waals surface area contributed by atoms with Crippen LogP contribution in [-0.2, 0) is 0 Å². The minimum absolute atomic E-state index is 0. The average molecular weight is 343 g/mol. The van der Waals surface area contributed by atoms with E-state index < -0.39 is 4.92 Å². The molecule has 2 rings (SSSR count). The van der Waals surface area contributed by atoms with Gasteiger partial charge in [-0.15, -0.1) is 12.4 Å². The monoisotopic (exact) mass is 342 g/mol. The third kappa shape index (κ3) is 5.46. The minimum Gasteiger partial charge on any atom is -0.352 e. The van der Waals surface area contributed by atoms with Crippen LogP contribution in [0.4, 0.5) is 5.69 Å². The first-order valence-corrected chi connectivity index (χ1v) is 7.55. The van der Waals surface area contributed by atoms with E-state index in [2.05, 4.69) is 15.5 Å². The number of nitro groups is 1. The van der Waals surface area contributed by atoms with Crippen molar-refractivity contribution < 1.29 is 9.72 Å². The van der Waals surface area contributed by atoms with Gasteiger partial charge < -0.3 is 15.5 Å². The van der Waals surface area contributed by atoms with E-state index in [0.717, 1.165) is 39.1 Å². The molecule has 0 aliphatic carbocycles. The van der Waals surface area contributed by atoms with Crippen molar-refractivity contribution in [3.8, 4) is 0 Å². The summed E-state index contributed by atoms with van der Waals surface area (Å²) in [5, 5.41) is 17.2. The lowest BCUT2D eigenvalue weighted by Gasteiger charge is -2.27. The molecule has 1 fully saturated rings. The summed E-state index contributed by atoms with van der Waals surface area (Å²) in [5.41, 5.74) is 0.521. The Kier molecular flexibility index (Phi) is 7.94. The molecule has 7 nitrogen and oxygen atoms in total. The first-order valence-electron chi connectivity index (χ1n) is 7.55. The van der Waals surface area contributed by atoms with Crippen LogP contribution in [0.25, 0.3) is 0 Å². The lowest BCUT2D eigenvalue weighted by Crippen LogP contribution is -2.44. The molecule has 0 aromatic heterocycles. The molecule has 0 atom stereocenters. The van der Waals surface area contributed by atoms with Crippen LogP contribution in [0, 0.1) is 17.0 Å². The first-order chi connectivity index (χ1) is 10.6. The summed E-state index contributed by atoms with van der Waals surface area (Å²) in [5.74, 6) is -0.379. The van der Waals surface area contributed by atoms with Gasteiger partial charge in [0.05, 0.1) is 4.92 Å². The summed E-state index contributed by atoms with van der Waals surface area (Å²) in [7, 11) is 0. The predicted molar refractivity (Wildman–Crippen MR) is 91.3 cm³/mol. The molecule has 1 heterocycles. The summed E-state index contributed by atoms with van der Waals surface area (Å²) in [6, 6.07) is 4.80. The van der Waals surface area contributed by atoms with E-state index in [1.165, 1.54) is 6.07 Å². The number of halogens is 1. The van der Waals surface area contributed by atoms with Crippen molar-refractivity contribution in [1.82, 2.24) is 15.5 Å². The lowest BCUT2D eigenvalue weighted by molar-refractivity contribution is -0.385. The van der Waals surface area contributed by atoms with Gasteiger partial charge in [-0.2, -0.15) is 0 Å². The fourth-order valence-electron chi connectivity index (χ4n) is 2.62. The summed E-state index contributed by atoms with van der Waals surface area (Å²) < 4.78 is 0. The lowest BCUT2D eigenvalue weighted by atomic mass is 10.1. The fraction of sp³-hybridized carbons (Fsp3) is 0.533. The number of hydrogen-bond donors (Lipinski definition) is 2. The van der Waals surface area contributed by atoms with Crippen LogP contribution < -0.4 is 10.6 Å². The SMILES string of the molecule is Cc1cccc(C(=O)NCCCN2CCNCC2)c1[N+](=O)[O-].Cl. The molecule has 23 heavy (non-hydrogen) atoms. The smallest absolute Gasteiger partial charge is 0.285 e. The standard InChI is InChI=1S/C15H22N4O3.ClH/c1-12-4-2-5-13(14(12)19(21)22)15(20)17-6-3-9-18-10-7-16-8-11-18;/h2,4-5,16H,3,6-11H2,1H3,(H,17,20);1H. The third-order valence-corrected chi connectivity index (χ3v) is 3.81. The zero-order valence-corrected chi connectivity index (χ0v) is 14.0. The van der Waals surface area contributed by atoms with Gasteiger partial charge in [-0.1, -0.05) is 12.1 Å². The van der Waals surface area contributed by atoms with E-state index in [-0.39, 0.29) is 29.6 Å². The third-order valence-electron chi connectivity index (χ3n) is 3.81. The Morgan fingerprint density at radius 3 is 2.74 bits per heavy atom. The number of carbonyl (C=O) groups excluding carboxylic acids is 1. The van der Waals surface area contributed by atoms with Gasteiger partial charge in [0.15, 0.2) is 0 Å². The number of nitrogens with one attached hydrogen (secondary N) is 2. The fourth-order valence-corrected chi connectivity index (χ4v) is 2.62. The summed E-state index contributed by atoms with van der Waals surface area (Å²) in [4.78, 5) is 25.1. The molecule has 1 aliphatic heterocycles. The number of benzene rings is 1. The highest BCUT2D eigenvalue weighted by Gasteiger charge is 2.21. The molecule has 8 heteroatoms. The molecular formula is C15H23ClN4O3. The van der Waals surface area contributed by atoms with Gasteiger partial charge in [0.2, 0.25) is 0 Å². The van der Waals surface area contributed by atoms with Crippen molar-refractivity contribution in [3.05, 3.63) is 39.4 Å². The van der Waals surface area contributed by atoms with Crippen molar-refractivity contribution >= 4 is 24.0 Å². The number of hydrogen-bond acceptors (Lipinski definition) is 5. The molecular weight excluding hydrogens is 320 g/mol. The molecule has 0 spiro atoms. The second kappa shape index (κ2) is 9.44. The molecule has 128 valence electrons. The molecule has 1 saturated heterocycles. The molecule has 1 amide bonds. The molecule has 0 unspecified atom stereocenters. The Balaban J connectivity index is 0.00000264. The Morgan fingerprint density at radius 2 is 2.09 bits per heavy atom. The van der Waals surface area contributed by atoms with E-state index in [4.69, 9.17) is 0 Å². The van der Waals surface area contributed by atoms with Gasteiger partial charge in [0.1, 0.15) is 5.56 Å². The van der Waals surface area contributed by atoms with Crippen LogP contribution >= 0.6 is 12.4 Å². The van der Waals surface area contributed by atoms with Gasteiger partial charge in [-0.3, -0.25) is 14.9 Å². The highest BCUT2D eigenvalue weighted by Crippen LogP contribution is 2.22. The second-order valence-corrected chi connectivity index (χ2v) is 5.43. The molecule has 0 saturated carbocycles. The van der Waals surface area contributed by atoms with Crippen molar-refractivity contribution in [1.29, 1.82) is 0 Å². The van der Waals surface area contributed by atoms with Crippen LogP contribution in [0.3, 0.4) is 0 Å². The Hall–Kier alpha value is -1.70. The average Bonchev–Trinajstić information content (AvgIpc) is 2.51. The van der Waals surface area contributed by atoms with Crippen LogP contribution in [-0.4, -0.2) is 55.0 Å². The topological polar surface area (TPSA) is 87.5 Å². The van der Waals surface area contributed by atoms with Crippen molar-refractivity contribution in [3.63, 3.8) is 0 Å². The molecule has 1 aromatic rings.